The summed E-state index contributed by atoms with van der Waals surface area (Å²) in [5.74, 6) is -0.377. The second-order valence-corrected chi connectivity index (χ2v) is 8.27. The lowest BCUT2D eigenvalue weighted by atomic mass is 10.1. The number of likely N-dealkylation sites (tertiary alicyclic amines) is 1. The van der Waals surface area contributed by atoms with Crippen LogP contribution in [0.4, 0.5) is 4.39 Å². The first kappa shape index (κ1) is 20.8. The maximum absolute atomic E-state index is 13.2. The van der Waals surface area contributed by atoms with Crippen LogP contribution in [0.25, 0.3) is 0 Å². The average Bonchev–Trinajstić information content (AvgIpc) is 3.26. The minimum absolute atomic E-state index is 0.0382. The molecule has 5 nitrogen and oxygen atoms in total. The molecule has 0 saturated carbocycles. The number of benzene rings is 2. The normalized spacial score (nSPS) is 19.9. The van der Waals surface area contributed by atoms with E-state index in [1.54, 1.807) is 23.1 Å². The van der Waals surface area contributed by atoms with Crippen LogP contribution >= 0.6 is 11.6 Å². The molecule has 0 bridgehead atoms. The number of carbonyl (C=O) groups excluding carboxylic acids is 2. The minimum Gasteiger partial charge on any atom is -0.338 e. The third kappa shape index (κ3) is 4.50. The van der Waals surface area contributed by atoms with Crippen LogP contribution < -0.4 is 0 Å². The lowest BCUT2D eigenvalue weighted by molar-refractivity contribution is -0.137. The second-order valence-electron chi connectivity index (χ2n) is 7.86. The molecular weight excluding hydrogens is 405 g/mol. The summed E-state index contributed by atoms with van der Waals surface area (Å²) in [7, 11) is 0. The van der Waals surface area contributed by atoms with Gasteiger partial charge in [-0.15, -0.1) is 0 Å². The Bertz CT molecular complexity index is 916. The van der Waals surface area contributed by atoms with Crippen molar-refractivity contribution in [2.45, 2.75) is 25.4 Å². The number of halogens is 2. The molecule has 4 rings (SSSR count). The molecule has 2 aromatic rings. The molecule has 2 heterocycles. The monoisotopic (exact) mass is 429 g/mol. The van der Waals surface area contributed by atoms with Crippen molar-refractivity contribution in [3.63, 3.8) is 0 Å². The molecule has 0 N–H and O–H groups in total. The van der Waals surface area contributed by atoms with E-state index in [2.05, 4.69) is 4.90 Å². The van der Waals surface area contributed by atoms with E-state index < -0.39 is 0 Å². The predicted molar refractivity (Wildman–Crippen MR) is 114 cm³/mol. The molecule has 0 radical (unpaired) electrons. The first-order valence-corrected chi connectivity index (χ1v) is 10.7. The molecule has 1 unspecified atom stereocenters. The summed E-state index contributed by atoms with van der Waals surface area (Å²) in [6.45, 7) is 3.91. The molecule has 0 aromatic heterocycles. The molecule has 2 aliphatic rings. The van der Waals surface area contributed by atoms with Crippen LogP contribution in [0, 0.1) is 5.82 Å². The van der Waals surface area contributed by atoms with Crippen molar-refractivity contribution < 1.29 is 14.0 Å². The SMILES string of the molecule is O=C(C1CCCN1C(=O)c1ccccc1)N1CCN(Cc2ccc(F)cc2Cl)CC1. The van der Waals surface area contributed by atoms with Gasteiger partial charge in [0.05, 0.1) is 0 Å². The Morgan fingerprint density at radius 1 is 1.00 bits per heavy atom. The predicted octanol–water partition coefficient (Wildman–Crippen LogP) is 3.43. The number of piperazine rings is 1. The number of hydrogen-bond acceptors (Lipinski definition) is 3. The Morgan fingerprint density at radius 3 is 2.43 bits per heavy atom. The van der Waals surface area contributed by atoms with Gasteiger partial charge in [-0.2, -0.15) is 0 Å². The summed E-state index contributed by atoms with van der Waals surface area (Å²) in [5, 5.41) is 0.425. The molecule has 2 aromatic carbocycles. The van der Waals surface area contributed by atoms with Crippen LogP contribution in [-0.4, -0.2) is 65.3 Å². The van der Waals surface area contributed by atoms with Gasteiger partial charge in [0, 0.05) is 49.9 Å². The standard InChI is InChI=1S/C23H25ClFN3O2/c24-20-15-19(25)9-8-18(20)16-26-11-13-27(14-12-26)23(30)21-7-4-10-28(21)22(29)17-5-2-1-3-6-17/h1-3,5-6,8-9,15,21H,4,7,10-14,16H2. The quantitative estimate of drug-likeness (QED) is 0.748. The highest BCUT2D eigenvalue weighted by atomic mass is 35.5. The van der Waals surface area contributed by atoms with Gasteiger partial charge in [-0.05, 0) is 42.7 Å². The van der Waals surface area contributed by atoms with E-state index in [0.29, 0.717) is 43.2 Å². The summed E-state index contributed by atoms with van der Waals surface area (Å²) in [6.07, 6.45) is 1.56. The van der Waals surface area contributed by atoms with Crippen molar-refractivity contribution >= 4 is 23.4 Å². The smallest absolute Gasteiger partial charge is 0.254 e. The lowest BCUT2D eigenvalue weighted by Crippen LogP contribution is -2.54. The van der Waals surface area contributed by atoms with Crippen LogP contribution in [0.5, 0.6) is 0 Å². The number of rotatable bonds is 4. The van der Waals surface area contributed by atoms with E-state index in [1.807, 2.05) is 23.1 Å². The highest BCUT2D eigenvalue weighted by Crippen LogP contribution is 2.24. The van der Waals surface area contributed by atoms with Crippen LogP contribution in [0.1, 0.15) is 28.8 Å². The third-order valence-corrected chi connectivity index (χ3v) is 6.26. The maximum Gasteiger partial charge on any atom is 0.254 e. The topological polar surface area (TPSA) is 43.9 Å². The first-order valence-electron chi connectivity index (χ1n) is 10.3. The van der Waals surface area contributed by atoms with Gasteiger partial charge in [0.2, 0.25) is 5.91 Å². The Balaban J connectivity index is 1.35. The Hall–Kier alpha value is -2.44. The van der Waals surface area contributed by atoms with Crippen molar-refractivity contribution in [3.05, 3.63) is 70.5 Å². The molecule has 7 heteroatoms. The molecule has 2 amide bonds. The second kappa shape index (κ2) is 9.14. The highest BCUT2D eigenvalue weighted by molar-refractivity contribution is 6.31. The molecule has 2 aliphatic heterocycles. The Kier molecular flexibility index (Phi) is 6.35. The van der Waals surface area contributed by atoms with Crippen LogP contribution in [-0.2, 0) is 11.3 Å². The molecular formula is C23H25ClFN3O2. The maximum atomic E-state index is 13.2. The zero-order valence-corrected chi connectivity index (χ0v) is 17.5. The van der Waals surface area contributed by atoms with Crippen molar-refractivity contribution in [3.8, 4) is 0 Å². The van der Waals surface area contributed by atoms with Crippen molar-refractivity contribution in [1.29, 1.82) is 0 Å². The average molecular weight is 430 g/mol. The third-order valence-electron chi connectivity index (χ3n) is 5.91. The van der Waals surface area contributed by atoms with Crippen LogP contribution in [0.15, 0.2) is 48.5 Å². The molecule has 0 aliphatic carbocycles. The van der Waals surface area contributed by atoms with Crippen LogP contribution in [0.3, 0.4) is 0 Å². The van der Waals surface area contributed by atoms with Gasteiger partial charge in [-0.1, -0.05) is 35.9 Å². The number of carbonyl (C=O) groups is 2. The summed E-state index contributed by atoms with van der Waals surface area (Å²) in [5.41, 5.74) is 1.51. The summed E-state index contributed by atoms with van der Waals surface area (Å²) < 4.78 is 13.2. The summed E-state index contributed by atoms with van der Waals surface area (Å²) in [4.78, 5) is 31.8. The van der Waals surface area contributed by atoms with E-state index in [1.165, 1.54) is 12.1 Å². The Labute approximate surface area is 181 Å². The zero-order valence-electron chi connectivity index (χ0n) is 16.8. The molecule has 30 heavy (non-hydrogen) atoms. The largest absolute Gasteiger partial charge is 0.338 e. The van der Waals surface area contributed by atoms with Gasteiger partial charge in [0.15, 0.2) is 0 Å². The van der Waals surface area contributed by atoms with Crippen molar-refractivity contribution in [2.75, 3.05) is 32.7 Å². The minimum atomic E-state index is -0.379. The Morgan fingerprint density at radius 2 is 1.73 bits per heavy atom. The van der Waals surface area contributed by atoms with E-state index in [9.17, 15) is 14.0 Å². The van der Waals surface area contributed by atoms with Gasteiger partial charge in [0.1, 0.15) is 11.9 Å². The van der Waals surface area contributed by atoms with E-state index in [0.717, 1.165) is 25.1 Å². The first-order chi connectivity index (χ1) is 14.5. The van der Waals surface area contributed by atoms with Crippen LogP contribution in [0.2, 0.25) is 5.02 Å². The van der Waals surface area contributed by atoms with Gasteiger partial charge in [-0.25, -0.2) is 4.39 Å². The molecule has 0 spiro atoms. The lowest BCUT2D eigenvalue weighted by Gasteiger charge is -2.37. The fraction of sp³-hybridized carbons (Fsp3) is 0.391. The van der Waals surface area contributed by atoms with Gasteiger partial charge in [-0.3, -0.25) is 14.5 Å². The molecule has 2 fully saturated rings. The fourth-order valence-corrected chi connectivity index (χ4v) is 4.47. The number of hydrogen-bond donors (Lipinski definition) is 0. The van der Waals surface area contributed by atoms with E-state index in [-0.39, 0.29) is 23.7 Å². The molecule has 2 saturated heterocycles. The fourth-order valence-electron chi connectivity index (χ4n) is 4.24. The highest BCUT2D eigenvalue weighted by Gasteiger charge is 2.37. The van der Waals surface area contributed by atoms with Gasteiger partial charge >= 0.3 is 0 Å². The summed E-state index contributed by atoms with van der Waals surface area (Å²) >= 11 is 6.14. The summed E-state index contributed by atoms with van der Waals surface area (Å²) in [6, 6.07) is 13.2. The zero-order chi connectivity index (χ0) is 21.1. The van der Waals surface area contributed by atoms with Gasteiger partial charge in [0.25, 0.3) is 5.91 Å². The van der Waals surface area contributed by atoms with Gasteiger partial charge < -0.3 is 9.80 Å². The molecule has 158 valence electrons. The van der Waals surface area contributed by atoms with E-state index >= 15 is 0 Å². The number of nitrogens with zero attached hydrogens (tertiary/aromatic N) is 3. The molecule has 1 atom stereocenters. The van der Waals surface area contributed by atoms with Crippen molar-refractivity contribution in [2.24, 2.45) is 0 Å². The van der Waals surface area contributed by atoms with E-state index in [4.69, 9.17) is 11.6 Å². The van der Waals surface area contributed by atoms with Crippen molar-refractivity contribution in [1.82, 2.24) is 14.7 Å². The number of amides is 2.